The molecule has 198 valence electrons. The lowest BCUT2D eigenvalue weighted by atomic mass is 9.99. The molecule has 0 amide bonds. The number of carbonyl (C=O) groups is 1. The van der Waals surface area contributed by atoms with Crippen LogP contribution in [0.4, 0.5) is 0 Å². The molecule has 0 aliphatic rings. The third-order valence-electron chi connectivity index (χ3n) is 7.30. The zero-order valence-electron chi connectivity index (χ0n) is 23.3. The van der Waals surface area contributed by atoms with Gasteiger partial charge in [0.25, 0.3) is 0 Å². The van der Waals surface area contributed by atoms with Gasteiger partial charge in [-0.1, -0.05) is 84.9 Å². The van der Waals surface area contributed by atoms with Crippen LogP contribution in [0.25, 0.3) is 44.3 Å². The van der Waals surface area contributed by atoms with Crippen LogP contribution >= 0.6 is 0 Å². The van der Waals surface area contributed by atoms with Gasteiger partial charge >= 0.3 is 0 Å². The van der Waals surface area contributed by atoms with Crippen molar-refractivity contribution in [2.75, 3.05) is 0 Å². The second kappa shape index (κ2) is 11.6. The van der Waals surface area contributed by atoms with Crippen LogP contribution in [0.5, 0.6) is 0 Å². The maximum Gasteiger partial charge on any atom is 0.152 e. The van der Waals surface area contributed by atoms with Crippen molar-refractivity contribution in [2.24, 2.45) is 0 Å². The van der Waals surface area contributed by atoms with E-state index in [2.05, 4.69) is 32.0 Å². The molecule has 6 rings (SSSR count). The second-order valence-corrected chi connectivity index (χ2v) is 10.1. The predicted octanol–water partition coefficient (Wildman–Crippen LogP) is 8.34. The maximum atomic E-state index is 11.4. The molecular weight excluding hydrogens is 492 g/mol. The number of benzene rings is 4. The molecule has 0 aliphatic heterocycles. The zero-order valence-corrected chi connectivity index (χ0v) is 23.3. The van der Waals surface area contributed by atoms with E-state index in [4.69, 9.17) is 9.97 Å². The van der Waals surface area contributed by atoms with Crippen molar-refractivity contribution in [3.8, 4) is 22.5 Å². The quantitative estimate of drug-likeness (QED) is 0.235. The van der Waals surface area contributed by atoms with Crippen molar-refractivity contribution >= 4 is 28.1 Å². The first-order valence-corrected chi connectivity index (χ1v) is 13.4. The van der Waals surface area contributed by atoms with Crippen LogP contribution < -0.4 is 0 Å². The van der Waals surface area contributed by atoms with Gasteiger partial charge in [-0.3, -0.25) is 4.79 Å². The molecule has 4 heteroatoms. The molecule has 40 heavy (non-hydrogen) atoms. The number of aliphatic hydroxyl groups excluding tert-OH is 1. The van der Waals surface area contributed by atoms with E-state index in [1.165, 1.54) is 5.56 Å². The molecule has 0 aliphatic carbocycles. The van der Waals surface area contributed by atoms with Crippen molar-refractivity contribution in [2.45, 2.75) is 34.3 Å². The average Bonchev–Trinajstić information content (AvgIpc) is 2.97. The normalized spacial score (nSPS) is 10.8. The van der Waals surface area contributed by atoms with Crippen molar-refractivity contribution in [1.82, 2.24) is 9.97 Å². The number of aryl methyl sites for hydroxylation is 4. The predicted molar refractivity (Wildman–Crippen MR) is 165 cm³/mol. The Morgan fingerprint density at radius 1 is 0.600 bits per heavy atom. The lowest BCUT2D eigenvalue weighted by molar-refractivity contribution is 0.112. The molecule has 0 radical (unpaired) electrons. The van der Waals surface area contributed by atoms with Crippen LogP contribution in [-0.2, 0) is 6.61 Å². The summed E-state index contributed by atoms with van der Waals surface area (Å²) in [7, 11) is 0. The number of pyridine rings is 2. The smallest absolute Gasteiger partial charge is 0.152 e. The van der Waals surface area contributed by atoms with Crippen LogP contribution in [0.15, 0.2) is 97.1 Å². The molecule has 0 atom stereocenters. The zero-order chi connectivity index (χ0) is 28.2. The Morgan fingerprint density at radius 2 is 1.07 bits per heavy atom. The largest absolute Gasteiger partial charge is 0.392 e. The molecule has 0 bridgehead atoms. The Labute approximate surface area is 235 Å². The van der Waals surface area contributed by atoms with Gasteiger partial charge in [-0.2, -0.15) is 0 Å². The van der Waals surface area contributed by atoms with Gasteiger partial charge in [0.2, 0.25) is 0 Å². The number of aromatic nitrogens is 2. The molecule has 2 aromatic heterocycles. The number of nitrogens with zero attached hydrogens (tertiary/aromatic N) is 2. The summed E-state index contributed by atoms with van der Waals surface area (Å²) in [5.41, 5.74) is 11.8. The number of para-hydroxylation sites is 2. The highest BCUT2D eigenvalue weighted by Crippen LogP contribution is 2.30. The van der Waals surface area contributed by atoms with Gasteiger partial charge in [0.1, 0.15) is 0 Å². The molecular formula is C36H32N2O2. The minimum absolute atomic E-state index is 0.000545. The van der Waals surface area contributed by atoms with Gasteiger partial charge in [-0.25, -0.2) is 9.97 Å². The summed E-state index contributed by atoms with van der Waals surface area (Å²) >= 11 is 0. The fourth-order valence-corrected chi connectivity index (χ4v) is 5.09. The third kappa shape index (κ3) is 5.27. The first-order chi connectivity index (χ1) is 19.4. The standard InChI is InChI=1S/C18H17NO.C18H15NO/c2*1-12-6-3-4-9-16(12)18-15(11-20)10-14-8-5-7-13(2)17(14)19-18/h3-10,20H,11H2,1-2H3;3-11H,1-2H3. The molecule has 4 aromatic carbocycles. The summed E-state index contributed by atoms with van der Waals surface area (Å²) in [5, 5.41) is 11.7. The summed E-state index contributed by atoms with van der Waals surface area (Å²) in [6.45, 7) is 8.21. The maximum absolute atomic E-state index is 11.4. The molecule has 0 fully saturated rings. The Hall–Kier alpha value is -4.67. The highest BCUT2D eigenvalue weighted by Gasteiger charge is 2.13. The SMILES string of the molecule is Cc1ccccc1-c1nc2c(C)cccc2cc1C=O.Cc1ccccc1-c1nc2c(C)cccc2cc1CO. The second-order valence-electron chi connectivity index (χ2n) is 10.1. The van der Waals surface area contributed by atoms with Crippen molar-refractivity contribution in [3.63, 3.8) is 0 Å². The Morgan fingerprint density at radius 3 is 1.60 bits per heavy atom. The van der Waals surface area contributed by atoms with Crippen LogP contribution in [0, 0.1) is 27.7 Å². The van der Waals surface area contributed by atoms with E-state index in [9.17, 15) is 9.90 Å². The number of carbonyl (C=O) groups excluding carboxylic acids is 1. The summed E-state index contributed by atoms with van der Waals surface area (Å²) in [6.07, 6.45) is 0.885. The average molecular weight is 525 g/mol. The van der Waals surface area contributed by atoms with Crippen molar-refractivity contribution in [3.05, 3.63) is 130 Å². The molecule has 4 nitrogen and oxygen atoms in total. The van der Waals surface area contributed by atoms with E-state index in [0.29, 0.717) is 5.56 Å². The van der Waals surface area contributed by atoms with E-state index < -0.39 is 0 Å². The van der Waals surface area contributed by atoms with E-state index in [1.54, 1.807) is 0 Å². The van der Waals surface area contributed by atoms with Gasteiger partial charge in [0.05, 0.1) is 29.0 Å². The lowest BCUT2D eigenvalue weighted by Crippen LogP contribution is -1.97. The van der Waals surface area contributed by atoms with Gasteiger partial charge in [-0.15, -0.1) is 0 Å². The third-order valence-corrected chi connectivity index (χ3v) is 7.30. The highest BCUT2D eigenvalue weighted by molar-refractivity contribution is 5.95. The first kappa shape index (κ1) is 26.9. The molecule has 1 N–H and O–H groups in total. The summed E-state index contributed by atoms with van der Waals surface area (Å²) in [6, 6.07) is 32.3. The van der Waals surface area contributed by atoms with Crippen LogP contribution in [0.2, 0.25) is 0 Å². The minimum Gasteiger partial charge on any atom is -0.392 e. The highest BCUT2D eigenvalue weighted by atomic mass is 16.3. The molecule has 2 heterocycles. The van der Waals surface area contributed by atoms with Gasteiger partial charge < -0.3 is 5.11 Å². The Kier molecular flexibility index (Phi) is 7.81. The Bertz CT molecular complexity index is 1860. The molecule has 0 saturated heterocycles. The van der Waals surface area contributed by atoms with Crippen molar-refractivity contribution in [1.29, 1.82) is 0 Å². The first-order valence-electron chi connectivity index (χ1n) is 13.4. The van der Waals surface area contributed by atoms with E-state index in [0.717, 1.165) is 72.9 Å². The van der Waals surface area contributed by atoms with Crippen molar-refractivity contribution < 1.29 is 9.90 Å². The number of hydrogen-bond acceptors (Lipinski definition) is 4. The fraction of sp³-hybridized carbons (Fsp3) is 0.139. The molecule has 0 spiro atoms. The van der Waals surface area contributed by atoms with Crippen LogP contribution in [0.1, 0.15) is 38.2 Å². The Balaban J connectivity index is 0.000000161. The number of aldehydes is 1. The molecule has 6 aromatic rings. The number of aliphatic hydroxyl groups is 1. The molecule has 0 saturated carbocycles. The van der Waals surface area contributed by atoms with Crippen LogP contribution in [0.3, 0.4) is 0 Å². The summed E-state index contributed by atoms with van der Waals surface area (Å²) in [4.78, 5) is 21.0. The van der Waals surface area contributed by atoms with E-state index in [1.807, 2.05) is 92.7 Å². The fourth-order valence-electron chi connectivity index (χ4n) is 5.09. The van der Waals surface area contributed by atoms with Crippen LogP contribution in [-0.4, -0.2) is 21.4 Å². The summed E-state index contributed by atoms with van der Waals surface area (Å²) in [5.74, 6) is 0. The molecule has 0 unspecified atom stereocenters. The van der Waals surface area contributed by atoms with E-state index >= 15 is 0 Å². The topological polar surface area (TPSA) is 63.1 Å². The number of fused-ring (bicyclic) bond motifs is 2. The number of hydrogen-bond donors (Lipinski definition) is 1. The van der Waals surface area contributed by atoms with Gasteiger partial charge in [-0.05, 0) is 62.1 Å². The van der Waals surface area contributed by atoms with Gasteiger partial charge in [0, 0.05) is 33.0 Å². The van der Waals surface area contributed by atoms with E-state index in [-0.39, 0.29) is 6.61 Å². The monoisotopic (exact) mass is 524 g/mol. The lowest BCUT2D eigenvalue weighted by Gasteiger charge is -2.12. The number of rotatable bonds is 4. The summed E-state index contributed by atoms with van der Waals surface area (Å²) < 4.78 is 0. The van der Waals surface area contributed by atoms with Gasteiger partial charge in [0.15, 0.2) is 6.29 Å². The minimum atomic E-state index is 0.000545.